The van der Waals surface area contributed by atoms with Crippen LogP contribution in [0.15, 0.2) is 18.2 Å². The molecule has 0 aromatic heterocycles. The molecular weight excluding hydrogens is 355 g/mol. The summed E-state index contributed by atoms with van der Waals surface area (Å²) in [6, 6.07) is 0. The molecule has 0 spiro atoms. The summed E-state index contributed by atoms with van der Waals surface area (Å²) in [5.74, 6) is 0. The molecule has 0 bridgehead atoms. The SMILES string of the molecule is [C-]1=CC=CC1.[CH3-].[CH3-].[CH3-].[CH3-].[CH3-].[Cl-].[Cl-].[Cl-].[Cl-].[Nb+5]. The van der Waals surface area contributed by atoms with Crippen LogP contribution in [0.3, 0.4) is 0 Å². The normalized spacial score (nSPS) is 5.87. The zero-order valence-corrected chi connectivity index (χ0v) is 15.1. The van der Waals surface area contributed by atoms with Crippen LogP contribution in [-0.2, 0) is 22.4 Å². The largest absolute Gasteiger partial charge is 5.00 e. The van der Waals surface area contributed by atoms with Crippen molar-refractivity contribution in [2.45, 2.75) is 6.42 Å². The van der Waals surface area contributed by atoms with Crippen molar-refractivity contribution in [2.75, 3.05) is 0 Å². The van der Waals surface area contributed by atoms with Crippen LogP contribution in [0, 0.1) is 43.2 Å². The summed E-state index contributed by atoms with van der Waals surface area (Å²) in [6.07, 6.45) is 10.0. The van der Waals surface area contributed by atoms with Gasteiger partial charge in [-0.25, -0.2) is 12.2 Å². The predicted molar refractivity (Wildman–Crippen MR) is 53.6 cm³/mol. The Kier molecular flexibility index (Phi) is 496. The molecule has 0 unspecified atom stereocenters. The quantitative estimate of drug-likeness (QED) is 0.292. The molecule has 0 saturated carbocycles. The van der Waals surface area contributed by atoms with Gasteiger partial charge in [0, 0.05) is 0 Å². The number of hydrogen-bond acceptors (Lipinski definition) is 0. The maximum atomic E-state index is 2.99. The summed E-state index contributed by atoms with van der Waals surface area (Å²) in [7, 11) is 0. The Balaban J connectivity index is -0.00000000312. The van der Waals surface area contributed by atoms with Crippen LogP contribution in [0.25, 0.3) is 0 Å². The van der Waals surface area contributed by atoms with Gasteiger partial charge in [-0.2, -0.15) is 6.08 Å². The van der Waals surface area contributed by atoms with Gasteiger partial charge >= 0.3 is 22.4 Å². The average Bonchev–Trinajstić information content (AvgIpc) is 1.76. The third kappa shape index (κ3) is 67.6. The van der Waals surface area contributed by atoms with Gasteiger partial charge in [-0.1, -0.05) is 0 Å². The second kappa shape index (κ2) is 78.1. The zero-order valence-electron chi connectivity index (χ0n) is 9.90. The molecule has 0 atom stereocenters. The Labute approximate surface area is 139 Å². The molecule has 0 fully saturated rings. The molecule has 0 amide bonds. The van der Waals surface area contributed by atoms with Gasteiger partial charge < -0.3 is 86.8 Å². The van der Waals surface area contributed by atoms with Crippen LogP contribution in [0.2, 0.25) is 0 Å². The first kappa shape index (κ1) is 95.2. The maximum Gasteiger partial charge on any atom is 5.00 e. The summed E-state index contributed by atoms with van der Waals surface area (Å²) < 4.78 is 0. The minimum absolute atomic E-state index is 0. The van der Waals surface area contributed by atoms with Crippen molar-refractivity contribution < 1.29 is 72.0 Å². The molecule has 0 N–H and O–H groups in total. The molecule has 1 rings (SSSR count). The molecule has 0 heterocycles. The summed E-state index contributed by atoms with van der Waals surface area (Å²) in [5, 5.41) is 0. The summed E-state index contributed by atoms with van der Waals surface area (Å²) in [5.41, 5.74) is 0. The topological polar surface area (TPSA) is 0 Å². The van der Waals surface area contributed by atoms with Gasteiger partial charge in [-0.15, -0.1) is 6.42 Å². The van der Waals surface area contributed by atoms with Crippen LogP contribution >= 0.6 is 0 Å². The predicted octanol–water partition coefficient (Wildman–Crippen LogP) is -8.43. The zero-order chi connectivity index (χ0) is 3.54. The third-order valence-electron chi connectivity index (χ3n) is 0.586. The molecule has 98 valence electrons. The van der Waals surface area contributed by atoms with E-state index in [0.717, 1.165) is 6.42 Å². The van der Waals surface area contributed by atoms with Crippen molar-refractivity contribution in [3.63, 3.8) is 0 Å². The van der Waals surface area contributed by atoms with Gasteiger partial charge in [0.25, 0.3) is 0 Å². The molecule has 15 heavy (non-hydrogen) atoms. The molecule has 0 saturated heterocycles. The number of allylic oxidation sites excluding steroid dienone is 4. The van der Waals surface area contributed by atoms with Gasteiger partial charge in [-0.05, 0) is 0 Å². The van der Waals surface area contributed by atoms with Crippen LogP contribution in [0.5, 0.6) is 0 Å². The molecule has 1 aliphatic rings. The van der Waals surface area contributed by atoms with Crippen molar-refractivity contribution in [1.82, 2.24) is 0 Å². The van der Waals surface area contributed by atoms with E-state index < -0.39 is 0 Å². The van der Waals surface area contributed by atoms with E-state index in [4.69, 9.17) is 0 Å². The van der Waals surface area contributed by atoms with E-state index in [9.17, 15) is 0 Å². The molecule has 5 heteroatoms. The van der Waals surface area contributed by atoms with Crippen molar-refractivity contribution in [3.05, 3.63) is 61.4 Å². The summed E-state index contributed by atoms with van der Waals surface area (Å²) in [6.45, 7) is 0. The molecule has 0 aliphatic heterocycles. The molecule has 0 radical (unpaired) electrons. The Hall–Kier alpha value is 1.38. The van der Waals surface area contributed by atoms with E-state index in [0.29, 0.717) is 0 Å². The fraction of sp³-hybridized carbons (Fsp3) is 0.100. The van der Waals surface area contributed by atoms with E-state index in [1.54, 1.807) is 0 Å². The summed E-state index contributed by atoms with van der Waals surface area (Å²) in [4.78, 5) is 0. The standard InChI is InChI=1S/C5H5.5CH3.4ClH.Nb/c1-2-4-5-3-1;;;;;;;;;;/h1-3H,4H2;5*1H3;4*1H;/q6*-1;;;;;+5/p-4. The van der Waals surface area contributed by atoms with Gasteiger partial charge in [0.05, 0.1) is 0 Å². The van der Waals surface area contributed by atoms with E-state index in [2.05, 4.69) is 12.2 Å². The van der Waals surface area contributed by atoms with E-state index in [1.165, 1.54) is 0 Å². The molecule has 0 aromatic rings. The molecule has 0 aromatic carbocycles. The van der Waals surface area contributed by atoms with Gasteiger partial charge in [-0.3, -0.25) is 6.08 Å². The average molecular weight is 375 g/mol. The van der Waals surface area contributed by atoms with Crippen LogP contribution in [-0.4, -0.2) is 0 Å². The van der Waals surface area contributed by atoms with Crippen molar-refractivity contribution >= 4 is 0 Å². The Morgan fingerprint density at radius 1 is 0.733 bits per heavy atom. The van der Waals surface area contributed by atoms with Gasteiger partial charge in [0.1, 0.15) is 0 Å². The second-order valence-corrected chi connectivity index (χ2v) is 1.00. The van der Waals surface area contributed by atoms with Crippen molar-refractivity contribution in [1.29, 1.82) is 0 Å². The van der Waals surface area contributed by atoms with Crippen molar-refractivity contribution in [3.8, 4) is 0 Å². The number of halogens is 4. The van der Waals surface area contributed by atoms with Crippen LogP contribution in [0.1, 0.15) is 6.42 Å². The third-order valence-corrected chi connectivity index (χ3v) is 0.586. The van der Waals surface area contributed by atoms with Crippen molar-refractivity contribution in [2.24, 2.45) is 0 Å². The second-order valence-electron chi connectivity index (χ2n) is 1.00. The first-order valence-corrected chi connectivity index (χ1v) is 1.72. The monoisotopic (exact) mass is 373 g/mol. The van der Waals surface area contributed by atoms with E-state index in [1.807, 2.05) is 12.2 Å². The summed E-state index contributed by atoms with van der Waals surface area (Å²) >= 11 is 0. The first-order valence-electron chi connectivity index (χ1n) is 1.72. The smallest absolute Gasteiger partial charge is 1.00 e. The van der Waals surface area contributed by atoms with Crippen LogP contribution < -0.4 is 49.6 Å². The molecule has 1 aliphatic carbocycles. The number of rotatable bonds is 0. The fourth-order valence-corrected chi connectivity index (χ4v) is 0.340. The Morgan fingerprint density at radius 2 is 1.07 bits per heavy atom. The molecule has 0 nitrogen and oxygen atoms in total. The molecular formula is C10H20Cl4Nb-5. The fourth-order valence-electron chi connectivity index (χ4n) is 0.340. The minimum Gasteiger partial charge on any atom is -1.00 e. The van der Waals surface area contributed by atoms with Gasteiger partial charge in [0.2, 0.25) is 0 Å². The van der Waals surface area contributed by atoms with Gasteiger partial charge in [0.15, 0.2) is 0 Å². The van der Waals surface area contributed by atoms with E-state index >= 15 is 0 Å². The Morgan fingerprint density at radius 3 is 1.13 bits per heavy atom. The van der Waals surface area contributed by atoms with Crippen LogP contribution in [0.4, 0.5) is 0 Å². The van der Waals surface area contributed by atoms with E-state index in [-0.39, 0.29) is 109 Å². The minimum atomic E-state index is 0. The Bertz CT molecular complexity index is 75.5. The first-order chi connectivity index (χ1) is 2.50. The maximum absolute atomic E-state index is 2.99. The number of hydrogen-bond donors (Lipinski definition) is 0.